The van der Waals surface area contributed by atoms with Gasteiger partial charge in [0.15, 0.2) is 0 Å². The van der Waals surface area contributed by atoms with E-state index in [-0.39, 0.29) is 0 Å². The molecule has 0 saturated carbocycles. The second-order valence-electron chi connectivity index (χ2n) is 5.09. The van der Waals surface area contributed by atoms with E-state index in [1.807, 2.05) is 6.92 Å². The third-order valence-corrected chi connectivity index (χ3v) is 3.75. The Kier molecular flexibility index (Phi) is 2.51. The molecule has 2 aromatic rings. The summed E-state index contributed by atoms with van der Waals surface area (Å²) in [7, 11) is 0. The average Bonchev–Trinajstić information content (AvgIpc) is 2.69. The second kappa shape index (κ2) is 4.05. The second-order valence-corrected chi connectivity index (χ2v) is 5.09. The molecule has 0 radical (unpaired) electrons. The number of rotatable bonds is 1. The summed E-state index contributed by atoms with van der Waals surface area (Å²) < 4.78 is 0. The molecule has 1 atom stereocenters. The molecule has 0 aliphatic carbocycles. The van der Waals surface area contributed by atoms with Crippen LogP contribution in [0.2, 0.25) is 0 Å². The highest BCUT2D eigenvalue weighted by Gasteiger charge is 2.26. The maximum atomic E-state index is 6.03. The Balaban J connectivity index is 2.09. The number of fused-ring (bicyclic) bond motifs is 1. The zero-order valence-corrected chi connectivity index (χ0v) is 10.9. The largest absolute Gasteiger partial charge is 0.398 e. The number of nitrogens with zero attached hydrogens (tertiary/aromatic N) is 1. The van der Waals surface area contributed by atoms with Crippen LogP contribution in [-0.2, 0) is 6.42 Å². The van der Waals surface area contributed by atoms with E-state index in [0.29, 0.717) is 6.04 Å². The summed E-state index contributed by atoms with van der Waals surface area (Å²) in [6.45, 7) is 4.30. The summed E-state index contributed by atoms with van der Waals surface area (Å²) in [5, 5.41) is 0. The van der Waals surface area contributed by atoms with Gasteiger partial charge in [0.2, 0.25) is 0 Å². The van der Waals surface area contributed by atoms with Gasteiger partial charge < -0.3 is 10.6 Å². The summed E-state index contributed by atoms with van der Waals surface area (Å²) in [5.74, 6) is 0. The van der Waals surface area contributed by atoms with Crippen molar-refractivity contribution in [1.29, 1.82) is 0 Å². The molecule has 0 bridgehead atoms. The summed E-state index contributed by atoms with van der Waals surface area (Å²) in [4.78, 5) is 2.38. The predicted octanol–water partition coefficient (Wildman–Crippen LogP) is 3.66. The van der Waals surface area contributed by atoms with Crippen molar-refractivity contribution < 1.29 is 0 Å². The third-order valence-electron chi connectivity index (χ3n) is 3.75. The van der Waals surface area contributed by atoms with Gasteiger partial charge in [0, 0.05) is 23.1 Å². The fraction of sp³-hybridized carbons (Fsp3) is 0.250. The Morgan fingerprint density at radius 1 is 1.17 bits per heavy atom. The SMILES string of the molecule is Cc1ccc(N2c3ccccc3CC2C)cc1N. The molecule has 92 valence electrons. The van der Waals surface area contributed by atoms with Crippen molar-refractivity contribution >= 4 is 17.1 Å². The van der Waals surface area contributed by atoms with Crippen LogP contribution in [0.4, 0.5) is 17.1 Å². The molecule has 18 heavy (non-hydrogen) atoms. The van der Waals surface area contributed by atoms with E-state index in [1.54, 1.807) is 0 Å². The van der Waals surface area contributed by atoms with Crippen molar-refractivity contribution in [2.45, 2.75) is 26.3 Å². The van der Waals surface area contributed by atoms with E-state index in [1.165, 1.54) is 16.9 Å². The number of hydrogen-bond donors (Lipinski definition) is 1. The fourth-order valence-electron chi connectivity index (χ4n) is 2.74. The number of nitrogen functional groups attached to an aromatic ring is 1. The number of nitrogens with two attached hydrogens (primary N) is 1. The summed E-state index contributed by atoms with van der Waals surface area (Å²) in [6.07, 6.45) is 1.10. The van der Waals surface area contributed by atoms with Crippen LogP contribution in [0.15, 0.2) is 42.5 Å². The molecular weight excluding hydrogens is 220 g/mol. The van der Waals surface area contributed by atoms with Crippen molar-refractivity contribution in [1.82, 2.24) is 0 Å². The zero-order chi connectivity index (χ0) is 12.7. The van der Waals surface area contributed by atoms with Crippen LogP contribution in [0.1, 0.15) is 18.1 Å². The van der Waals surface area contributed by atoms with Crippen molar-refractivity contribution in [3.05, 3.63) is 53.6 Å². The summed E-state index contributed by atoms with van der Waals surface area (Å²) >= 11 is 0. The van der Waals surface area contributed by atoms with Crippen molar-refractivity contribution in [2.24, 2.45) is 0 Å². The van der Waals surface area contributed by atoms with Gasteiger partial charge in [0.1, 0.15) is 0 Å². The van der Waals surface area contributed by atoms with E-state index in [9.17, 15) is 0 Å². The number of para-hydroxylation sites is 1. The first-order chi connectivity index (χ1) is 8.66. The highest BCUT2D eigenvalue weighted by Crippen LogP contribution is 2.38. The number of hydrogen-bond acceptors (Lipinski definition) is 2. The first-order valence-corrected chi connectivity index (χ1v) is 6.40. The molecule has 2 aromatic carbocycles. The van der Waals surface area contributed by atoms with Gasteiger partial charge in [-0.25, -0.2) is 0 Å². The molecule has 0 spiro atoms. The van der Waals surface area contributed by atoms with Crippen LogP contribution in [0.5, 0.6) is 0 Å². The molecule has 1 aliphatic heterocycles. The van der Waals surface area contributed by atoms with Gasteiger partial charge in [-0.3, -0.25) is 0 Å². The van der Waals surface area contributed by atoms with Gasteiger partial charge in [0.25, 0.3) is 0 Å². The molecule has 1 aliphatic rings. The average molecular weight is 238 g/mol. The number of benzene rings is 2. The van der Waals surface area contributed by atoms with Crippen molar-refractivity contribution in [2.75, 3.05) is 10.6 Å². The molecule has 0 fully saturated rings. The highest BCUT2D eigenvalue weighted by atomic mass is 15.2. The van der Waals surface area contributed by atoms with Gasteiger partial charge in [-0.15, -0.1) is 0 Å². The van der Waals surface area contributed by atoms with E-state index in [0.717, 1.165) is 17.7 Å². The molecule has 0 amide bonds. The predicted molar refractivity (Wildman–Crippen MR) is 77.3 cm³/mol. The molecule has 2 nitrogen and oxygen atoms in total. The normalized spacial score (nSPS) is 17.9. The van der Waals surface area contributed by atoms with Crippen LogP contribution in [0.3, 0.4) is 0 Å². The van der Waals surface area contributed by atoms with Crippen LogP contribution in [0, 0.1) is 6.92 Å². The van der Waals surface area contributed by atoms with Crippen molar-refractivity contribution in [3.8, 4) is 0 Å². The topological polar surface area (TPSA) is 29.3 Å². The van der Waals surface area contributed by atoms with Gasteiger partial charge in [-0.1, -0.05) is 24.3 Å². The minimum Gasteiger partial charge on any atom is -0.398 e. The maximum Gasteiger partial charge on any atom is 0.0446 e. The first-order valence-electron chi connectivity index (χ1n) is 6.40. The fourth-order valence-corrected chi connectivity index (χ4v) is 2.74. The van der Waals surface area contributed by atoms with Gasteiger partial charge in [-0.2, -0.15) is 0 Å². The van der Waals surface area contributed by atoms with Gasteiger partial charge in [0.05, 0.1) is 0 Å². The van der Waals surface area contributed by atoms with Crippen LogP contribution < -0.4 is 10.6 Å². The Labute approximate surface area is 108 Å². The Morgan fingerprint density at radius 2 is 1.94 bits per heavy atom. The number of aryl methyl sites for hydroxylation is 1. The molecule has 2 N–H and O–H groups in total. The molecule has 1 heterocycles. The minimum absolute atomic E-state index is 0.490. The molecule has 3 rings (SSSR count). The van der Waals surface area contributed by atoms with E-state index in [4.69, 9.17) is 5.73 Å². The van der Waals surface area contributed by atoms with E-state index < -0.39 is 0 Å². The first kappa shape index (κ1) is 11.1. The van der Waals surface area contributed by atoms with E-state index >= 15 is 0 Å². The summed E-state index contributed by atoms with van der Waals surface area (Å²) in [6, 6.07) is 15.4. The molecule has 1 unspecified atom stereocenters. The van der Waals surface area contributed by atoms with Crippen LogP contribution in [0.25, 0.3) is 0 Å². The summed E-state index contributed by atoms with van der Waals surface area (Å²) in [5.41, 5.74) is 12.0. The standard InChI is InChI=1S/C16H18N2/c1-11-7-8-14(10-15(11)17)18-12(2)9-13-5-3-4-6-16(13)18/h3-8,10,12H,9,17H2,1-2H3. The lowest BCUT2D eigenvalue weighted by Gasteiger charge is -2.25. The third kappa shape index (κ3) is 1.65. The number of anilines is 3. The monoisotopic (exact) mass is 238 g/mol. The van der Waals surface area contributed by atoms with E-state index in [2.05, 4.69) is 54.3 Å². The lowest BCUT2D eigenvalue weighted by Crippen LogP contribution is -2.23. The van der Waals surface area contributed by atoms with Gasteiger partial charge in [-0.05, 0) is 49.6 Å². The Bertz CT molecular complexity index is 589. The maximum absolute atomic E-state index is 6.03. The molecular formula is C16H18N2. The van der Waals surface area contributed by atoms with Gasteiger partial charge >= 0.3 is 0 Å². The van der Waals surface area contributed by atoms with Crippen molar-refractivity contribution in [3.63, 3.8) is 0 Å². The quantitative estimate of drug-likeness (QED) is 0.768. The molecule has 0 saturated heterocycles. The minimum atomic E-state index is 0.490. The zero-order valence-electron chi connectivity index (χ0n) is 10.9. The van der Waals surface area contributed by atoms with Crippen LogP contribution >= 0.6 is 0 Å². The smallest absolute Gasteiger partial charge is 0.0446 e. The Morgan fingerprint density at radius 3 is 2.72 bits per heavy atom. The lowest BCUT2D eigenvalue weighted by molar-refractivity contribution is 0.759. The highest BCUT2D eigenvalue weighted by molar-refractivity contribution is 5.73. The molecule has 0 aromatic heterocycles. The van der Waals surface area contributed by atoms with Crippen LogP contribution in [-0.4, -0.2) is 6.04 Å². The molecule has 2 heteroatoms. The lowest BCUT2D eigenvalue weighted by atomic mass is 10.1. The Hall–Kier alpha value is -1.96.